The molecule has 0 bridgehead atoms. The van der Waals surface area contributed by atoms with Crippen LogP contribution in [0.5, 0.6) is 0 Å². The average molecular weight is 418 g/mol. The molecule has 2 aromatic carbocycles. The highest BCUT2D eigenvalue weighted by Gasteiger charge is 2.27. The molecule has 31 heavy (non-hydrogen) atoms. The van der Waals surface area contributed by atoms with Crippen LogP contribution >= 0.6 is 0 Å². The lowest BCUT2D eigenvalue weighted by Gasteiger charge is -2.31. The van der Waals surface area contributed by atoms with E-state index >= 15 is 0 Å². The smallest absolute Gasteiger partial charge is 0.317 e. The minimum absolute atomic E-state index is 0.0430. The van der Waals surface area contributed by atoms with Crippen molar-refractivity contribution in [2.24, 2.45) is 5.92 Å². The fourth-order valence-corrected chi connectivity index (χ4v) is 3.79. The summed E-state index contributed by atoms with van der Waals surface area (Å²) in [4.78, 5) is 26.8. The van der Waals surface area contributed by atoms with Gasteiger partial charge < -0.3 is 15.5 Å². The number of carbonyl (C=O) groups excluding carboxylic acids is 2. The van der Waals surface area contributed by atoms with Gasteiger partial charge in [0.15, 0.2) is 0 Å². The summed E-state index contributed by atoms with van der Waals surface area (Å²) in [6.45, 7) is 2.16. The van der Waals surface area contributed by atoms with E-state index in [1.807, 2.05) is 66.9 Å². The van der Waals surface area contributed by atoms with E-state index in [9.17, 15) is 9.59 Å². The number of carbonyl (C=O) groups is 2. The first-order valence-electron chi connectivity index (χ1n) is 10.6. The molecule has 1 aliphatic heterocycles. The van der Waals surface area contributed by atoms with E-state index in [2.05, 4.69) is 15.7 Å². The molecule has 2 N–H and O–H groups in total. The largest absolute Gasteiger partial charge is 0.352 e. The second-order valence-corrected chi connectivity index (χ2v) is 7.74. The maximum atomic E-state index is 12.6. The first-order valence-corrected chi connectivity index (χ1v) is 10.6. The van der Waals surface area contributed by atoms with Gasteiger partial charge in [-0.2, -0.15) is 5.10 Å². The van der Waals surface area contributed by atoms with Gasteiger partial charge in [-0.1, -0.05) is 42.5 Å². The van der Waals surface area contributed by atoms with Gasteiger partial charge in [0.05, 0.1) is 5.69 Å². The van der Waals surface area contributed by atoms with Gasteiger partial charge in [0.25, 0.3) is 0 Å². The van der Waals surface area contributed by atoms with Crippen molar-refractivity contribution in [1.82, 2.24) is 25.3 Å². The lowest BCUT2D eigenvalue weighted by Crippen LogP contribution is -2.46. The van der Waals surface area contributed by atoms with Crippen LogP contribution in [0.25, 0.3) is 5.69 Å². The van der Waals surface area contributed by atoms with Crippen LogP contribution in [0.15, 0.2) is 73.1 Å². The minimum atomic E-state index is -0.0902. The van der Waals surface area contributed by atoms with Crippen LogP contribution in [-0.2, 0) is 17.9 Å². The number of rotatable bonds is 6. The van der Waals surface area contributed by atoms with Crippen molar-refractivity contribution in [1.29, 1.82) is 0 Å². The predicted octanol–water partition coefficient (Wildman–Crippen LogP) is 3.11. The maximum absolute atomic E-state index is 12.6. The van der Waals surface area contributed by atoms with Crippen molar-refractivity contribution >= 4 is 11.9 Å². The Labute approximate surface area is 182 Å². The first kappa shape index (κ1) is 20.7. The van der Waals surface area contributed by atoms with E-state index in [4.69, 9.17) is 0 Å². The van der Waals surface area contributed by atoms with Crippen LogP contribution in [0.1, 0.15) is 24.0 Å². The van der Waals surface area contributed by atoms with E-state index in [0.717, 1.165) is 16.8 Å². The summed E-state index contributed by atoms with van der Waals surface area (Å²) >= 11 is 0. The molecule has 4 rings (SSSR count). The molecule has 0 spiro atoms. The van der Waals surface area contributed by atoms with E-state index in [-0.39, 0.29) is 17.9 Å². The Bertz CT molecular complexity index is 996. The monoisotopic (exact) mass is 417 g/mol. The zero-order valence-electron chi connectivity index (χ0n) is 17.4. The van der Waals surface area contributed by atoms with Gasteiger partial charge in [-0.15, -0.1) is 0 Å². The van der Waals surface area contributed by atoms with Gasteiger partial charge >= 0.3 is 6.03 Å². The van der Waals surface area contributed by atoms with Crippen molar-refractivity contribution in [2.45, 2.75) is 25.9 Å². The third-order valence-corrected chi connectivity index (χ3v) is 5.59. The molecule has 7 heteroatoms. The Balaban J connectivity index is 1.21. The lowest BCUT2D eigenvalue weighted by atomic mass is 9.96. The molecule has 7 nitrogen and oxygen atoms in total. The molecular formula is C24H27N5O2. The fourth-order valence-electron chi connectivity index (χ4n) is 3.79. The van der Waals surface area contributed by atoms with Crippen molar-refractivity contribution in [3.05, 3.63) is 84.2 Å². The molecular weight excluding hydrogens is 390 g/mol. The molecule has 0 unspecified atom stereocenters. The standard InChI is InChI=1S/C24H27N5O2/c30-23(25-17-19-6-2-1-3-7-19)21-10-14-28(15-11-21)24(31)26-18-20-8-4-9-22(16-20)29-13-5-12-27-29/h1-9,12-13,16,21H,10-11,14-15,17-18H2,(H,25,30)(H,26,31). The molecule has 160 valence electrons. The van der Waals surface area contributed by atoms with Gasteiger partial charge in [-0.25, -0.2) is 9.48 Å². The Kier molecular flexibility index (Phi) is 6.62. The third kappa shape index (κ3) is 5.51. The SMILES string of the molecule is O=C(NCc1ccccc1)C1CCN(C(=O)NCc2cccc(-n3cccn3)c2)CC1. The molecule has 2 heterocycles. The lowest BCUT2D eigenvalue weighted by molar-refractivity contribution is -0.126. The summed E-state index contributed by atoms with van der Waals surface area (Å²) in [5.41, 5.74) is 3.06. The van der Waals surface area contributed by atoms with Gasteiger partial charge in [0, 0.05) is 44.5 Å². The number of benzene rings is 2. The molecule has 0 atom stereocenters. The molecule has 1 saturated heterocycles. The highest BCUT2D eigenvalue weighted by atomic mass is 16.2. The van der Waals surface area contributed by atoms with Crippen LogP contribution in [-0.4, -0.2) is 39.7 Å². The summed E-state index contributed by atoms with van der Waals surface area (Å²) in [5.74, 6) is 0.0258. The van der Waals surface area contributed by atoms with Gasteiger partial charge in [0.2, 0.25) is 5.91 Å². The van der Waals surface area contributed by atoms with Crippen molar-refractivity contribution in [2.75, 3.05) is 13.1 Å². The number of urea groups is 1. The molecule has 0 radical (unpaired) electrons. The van der Waals surface area contributed by atoms with Gasteiger partial charge in [0.1, 0.15) is 0 Å². The summed E-state index contributed by atoms with van der Waals surface area (Å²) in [6.07, 6.45) is 4.99. The highest BCUT2D eigenvalue weighted by Crippen LogP contribution is 2.18. The number of nitrogens with zero attached hydrogens (tertiary/aromatic N) is 3. The Hall–Kier alpha value is -3.61. The Morgan fingerprint density at radius 1 is 0.903 bits per heavy atom. The van der Waals surface area contributed by atoms with Crippen LogP contribution in [0, 0.1) is 5.92 Å². The number of piperidine rings is 1. The number of likely N-dealkylation sites (tertiary alicyclic amines) is 1. The van der Waals surface area contributed by atoms with Crippen molar-refractivity contribution < 1.29 is 9.59 Å². The summed E-state index contributed by atoms with van der Waals surface area (Å²) in [5, 5.41) is 10.2. The average Bonchev–Trinajstić information content (AvgIpc) is 3.37. The normalized spacial score (nSPS) is 14.3. The van der Waals surface area contributed by atoms with E-state index in [0.29, 0.717) is 39.0 Å². The minimum Gasteiger partial charge on any atom is -0.352 e. The van der Waals surface area contributed by atoms with Crippen LogP contribution < -0.4 is 10.6 Å². The molecule has 1 fully saturated rings. The summed E-state index contributed by atoms with van der Waals surface area (Å²) < 4.78 is 1.79. The second-order valence-electron chi connectivity index (χ2n) is 7.74. The second kappa shape index (κ2) is 9.93. The van der Waals surface area contributed by atoms with Crippen molar-refractivity contribution in [3.63, 3.8) is 0 Å². The van der Waals surface area contributed by atoms with Gasteiger partial charge in [-0.3, -0.25) is 4.79 Å². The topological polar surface area (TPSA) is 79.3 Å². The number of amides is 3. The predicted molar refractivity (Wildman–Crippen MR) is 118 cm³/mol. The molecule has 0 saturated carbocycles. The molecule has 0 aliphatic carbocycles. The quantitative estimate of drug-likeness (QED) is 0.647. The number of hydrogen-bond acceptors (Lipinski definition) is 3. The number of aromatic nitrogens is 2. The van der Waals surface area contributed by atoms with E-state index in [1.165, 1.54) is 0 Å². The Morgan fingerprint density at radius 3 is 2.39 bits per heavy atom. The van der Waals surface area contributed by atoms with Crippen LogP contribution in [0.3, 0.4) is 0 Å². The first-order chi connectivity index (χ1) is 15.2. The fraction of sp³-hybridized carbons (Fsp3) is 0.292. The summed E-state index contributed by atoms with van der Waals surface area (Å²) in [6, 6.07) is 19.6. The maximum Gasteiger partial charge on any atom is 0.317 e. The summed E-state index contributed by atoms with van der Waals surface area (Å²) in [7, 11) is 0. The Morgan fingerprint density at radius 2 is 1.65 bits per heavy atom. The number of hydrogen-bond donors (Lipinski definition) is 2. The van der Waals surface area contributed by atoms with Crippen molar-refractivity contribution in [3.8, 4) is 5.69 Å². The van der Waals surface area contributed by atoms with Gasteiger partial charge in [-0.05, 0) is 42.2 Å². The van der Waals surface area contributed by atoms with E-state index < -0.39 is 0 Å². The number of nitrogens with one attached hydrogen (secondary N) is 2. The molecule has 3 aromatic rings. The van der Waals surface area contributed by atoms with Crippen LogP contribution in [0.2, 0.25) is 0 Å². The highest BCUT2D eigenvalue weighted by molar-refractivity contribution is 5.79. The van der Waals surface area contributed by atoms with Crippen LogP contribution in [0.4, 0.5) is 4.79 Å². The molecule has 1 aromatic heterocycles. The third-order valence-electron chi connectivity index (χ3n) is 5.59. The van der Waals surface area contributed by atoms with E-state index in [1.54, 1.807) is 15.8 Å². The molecule has 3 amide bonds. The zero-order valence-corrected chi connectivity index (χ0v) is 17.4. The zero-order chi connectivity index (χ0) is 21.5. The molecule has 1 aliphatic rings.